The van der Waals surface area contributed by atoms with E-state index in [0.29, 0.717) is 0 Å². The Hall–Kier alpha value is -2.14. The minimum atomic E-state index is -4.82. The third kappa shape index (κ3) is 7.00. The summed E-state index contributed by atoms with van der Waals surface area (Å²) in [6, 6.07) is 0. The van der Waals surface area contributed by atoms with Gasteiger partial charge in [0.25, 0.3) is 0 Å². The van der Waals surface area contributed by atoms with Crippen molar-refractivity contribution in [2.45, 2.75) is 38.5 Å². The fourth-order valence-electron chi connectivity index (χ4n) is 1.42. The van der Waals surface area contributed by atoms with E-state index >= 15 is 0 Å². The molecule has 0 amide bonds. The van der Waals surface area contributed by atoms with Crippen molar-refractivity contribution in [1.29, 1.82) is 0 Å². The van der Waals surface area contributed by atoms with Crippen LogP contribution >= 0.6 is 0 Å². The van der Waals surface area contributed by atoms with Gasteiger partial charge in [0.15, 0.2) is 0 Å². The lowest BCUT2D eigenvalue weighted by Crippen LogP contribution is -2.36. The van der Waals surface area contributed by atoms with Gasteiger partial charge in [-0.15, -0.1) is 0 Å². The summed E-state index contributed by atoms with van der Waals surface area (Å²) in [6.45, 7) is 2.13. The topological polar surface area (TPSA) is 58.2 Å². The summed E-state index contributed by atoms with van der Waals surface area (Å²) in [5.74, 6) is -13.8. The first-order chi connectivity index (χ1) is 11.7. The number of hydrogen-bond donors (Lipinski definition) is 2. The molecule has 0 saturated heterocycles. The van der Waals surface area contributed by atoms with Gasteiger partial charge in [-0.3, -0.25) is 9.59 Å². The Balaban J connectivity index is 4.50. The van der Waals surface area contributed by atoms with Gasteiger partial charge in [-0.1, -0.05) is 0 Å². The first-order valence-electron chi connectivity index (χ1n) is 6.98. The number of alkyl halides is 8. The van der Waals surface area contributed by atoms with Crippen molar-refractivity contribution in [2.24, 2.45) is 0 Å². The molecule has 0 spiro atoms. The molecule has 0 radical (unpaired) electrons. The molecule has 0 aliphatic heterocycles. The fourth-order valence-corrected chi connectivity index (χ4v) is 1.42. The van der Waals surface area contributed by atoms with Crippen molar-refractivity contribution < 1.29 is 44.7 Å². The van der Waals surface area contributed by atoms with Gasteiger partial charge in [-0.2, -0.15) is 17.6 Å². The van der Waals surface area contributed by atoms with Crippen LogP contribution in [0.2, 0.25) is 0 Å². The molecule has 0 atom stereocenters. The van der Waals surface area contributed by atoms with Crippen molar-refractivity contribution in [2.75, 3.05) is 13.1 Å². The lowest BCUT2D eigenvalue weighted by atomic mass is 10.2. The predicted octanol–water partition coefficient (Wildman–Crippen LogP) is 2.91. The maximum absolute atomic E-state index is 12.7. The van der Waals surface area contributed by atoms with Gasteiger partial charge >= 0.3 is 24.7 Å². The molecule has 26 heavy (non-hydrogen) atoms. The Morgan fingerprint density at radius 2 is 1.04 bits per heavy atom. The zero-order chi connectivity index (χ0) is 20.7. The van der Waals surface area contributed by atoms with E-state index in [-0.39, 0.29) is 36.6 Å². The summed E-state index contributed by atoms with van der Waals surface area (Å²) in [7, 11) is 0. The number of nitrogens with one attached hydrogen (secondary N) is 2. The molecular weight excluding hydrogens is 380 g/mol. The summed E-state index contributed by atoms with van der Waals surface area (Å²) in [5, 5.41) is 4.80. The Kier molecular flexibility index (Phi) is 8.74. The molecule has 0 aromatic heterocycles. The van der Waals surface area contributed by atoms with Crippen LogP contribution in [0.15, 0.2) is 23.5 Å². The number of hydrogen-bond acceptors (Lipinski definition) is 4. The van der Waals surface area contributed by atoms with Crippen molar-refractivity contribution in [3.05, 3.63) is 23.5 Å². The maximum Gasteiger partial charge on any atom is 0.368 e. The lowest BCUT2D eigenvalue weighted by Gasteiger charge is -2.14. The molecule has 2 N–H and O–H groups in total. The number of carbonyl (C=O) groups is 2. The summed E-state index contributed by atoms with van der Waals surface area (Å²) in [6.07, 6.45) is -7.75. The SMILES string of the molecule is C/C(=C/C(=O)C(F)(F)C(F)F)NCCN/C(C)=C\C(=O)C(F)(F)C(F)F. The van der Waals surface area contributed by atoms with Crippen LogP contribution in [0, 0.1) is 0 Å². The van der Waals surface area contributed by atoms with Gasteiger partial charge in [0.1, 0.15) is 0 Å². The third-order valence-electron chi connectivity index (χ3n) is 2.83. The first-order valence-corrected chi connectivity index (χ1v) is 6.98. The molecule has 0 aliphatic rings. The molecule has 0 bridgehead atoms. The minimum Gasteiger partial charge on any atom is -0.387 e. The van der Waals surface area contributed by atoms with Gasteiger partial charge in [-0.25, -0.2) is 17.6 Å². The summed E-state index contributed by atoms with van der Waals surface area (Å²) < 4.78 is 98.9. The van der Waals surface area contributed by atoms with Crippen LogP contribution in [0.3, 0.4) is 0 Å². The molecule has 0 saturated carbocycles. The van der Waals surface area contributed by atoms with Crippen molar-refractivity contribution in [1.82, 2.24) is 10.6 Å². The molecule has 0 unspecified atom stereocenters. The van der Waals surface area contributed by atoms with E-state index in [0.717, 1.165) is 13.8 Å². The minimum absolute atomic E-state index is 0.0829. The van der Waals surface area contributed by atoms with E-state index in [1.54, 1.807) is 0 Å². The summed E-state index contributed by atoms with van der Waals surface area (Å²) in [5.41, 5.74) is -0.335. The van der Waals surface area contributed by atoms with Crippen LogP contribution in [0.5, 0.6) is 0 Å². The van der Waals surface area contributed by atoms with Crippen LogP contribution in [-0.4, -0.2) is 49.4 Å². The third-order valence-corrected chi connectivity index (χ3v) is 2.83. The van der Waals surface area contributed by atoms with Crippen LogP contribution in [0.1, 0.15) is 13.8 Å². The van der Waals surface area contributed by atoms with E-state index < -0.39 is 36.3 Å². The second-order valence-corrected chi connectivity index (χ2v) is 5.08. The number of carbonyl (C=O) groups excluding carboxylic acids is 2. The normalized spacial score (nSPS) is 14.0. The van der Waals surface area contributed by atoms with Crippen molar-refractivity contribution >= 4 is 11.6 Å². The molecule has 0 heterocycles. The Bertz CT molecular complexity index is 523. The average Bonchev–Trinajstić information content (AvgIpc) is 2.50. The van der Waals surface area contributed by atoms with Crippen LogP contribution in [0.25, 0.3) is 0 Å². The highest BCUT2D eigenvalue weighted by molar-refractivity contribution is 5.96. The maximum atomic E-state index is 12.7. The van der Waals surface area contributed by atoms with E-state index in [1.165, 1.54) is 0 Å². The largest absolute Gasteiger partial charge is 0.387 e. The van der Waals surface area contributed by atoms with Gasteiger partial charge in [0.2, 0.25) is 11.6 Å². The fraction of sp³-hybridized carbons (Fsp3) is 0.571. The van der Waals surface area contributed by atoms with Crippen LogP contribution in [-0.2, 0) is 9.59 Å². The van der Waals surface area contributed by atoms with Crippen molar-refractivity contribution in [3.8, 4) is 0 Å². The number of allylic oxidation sites excluding steroid dienone is 4. The van der Waals surface area contributed by atoms with Gasteiger partial charge in [0, 0.05) is 36.6 Å². The summed E-state index contributed by atoms with van der Waals surface area (Å²) in [4.78, 5) is 22.0. The average molecular weight is 396 g/mol. The zero-order valence-corrected chi connectivity index (χ0v) is 13.6. The molecule has 12 heteroatoms. The van der Waals surface area contributed by atoms with Gasteiger partial charge in [0.05, 0.1) is 0 Å². The molecule has 4 nitrogen and oxygen atoms in total. The Morgan fingerprint density at radius 1 is 0.769 bits per heavy atom. The Labute approximate surface area is 143 Å². The molecule has 0 fully saturated rings. The van der Waals surface area contributed by atoms with Crippen molar-refractivity contribution in [3.63, 3.8) is 0 Å². The highest BCUT2D eigenvalue weighted by atomic mass is 19.3. The second-order valence-electron chi connectivity index (χ2n) is 5.08. The molecular formula is C14H16F8N2O2. The highest BCUT2D eigenvalue weighted by Gasteiger charge is 2.48. The quantitative estimate of drug-likeness (QED) is 0.320. The van der Waals surface area contributed by atoms with E-state index in [2.05, 4.69) is 10.6 Å². The molecule has 0 rings (SSSR count). The van der Waals surface area contributed by atoms with Gasteiger partial charge in [-0.05, 0) is 13.8 Å². The number of ketones is 2. The highest BCUT2D eigenvalue weighted by Crippen LogP contribution is 2.25. The Morgan fingerprint density at radius 3 is 1.27 bits per heavy atom. The van der Waals surface area contributed by atoms with E-state index in [4.69, 9.17) is 0 Å². The smallest absolute Gasteiger partial charge is 0.368 e. The molecule has 0 aromatic rings. The number of rotatable bonds is 11. The molecule has 0 aliphatic carbocycles. The standard InChI is InChI=1S/C14H16F8N2O2/c1-7(5-9(25)13(19,20)11(15)16)23-3-4-24-8(2)6-10(26)14(21,22)12(17)18/h5-6,11-12,23-24H,3-4H2,1-2H3/b7-5-,8-6-. The first kappa shape index (κ1) is 23.9. The van der Waals surface area contributed by atoms with Gasteiger partial charge < -0.3 is 10.6 Å². The monoisotopic (exact) mass is 396 g/mol. The summed E-state index contributed by atoms with van der Waals surface area (Å²) >= 11 is 0. The predicted molar refractivity (Wildman–Crippen MR) is 75.4 cm³/mol. The second kappa shape index (κ2) is 9.53. The van der Waals surface area contributed by atoms with E-state index in [9.17, 15) is 44.7 Å². The van der Waals surface area contributed by atoms with Crippen LogP contribution in [0.4, 0.5) is 35.1 Å². The molecule has 150 valence electrons. The van der Waals surface area contributed by atoms with E-state index in [1.807, 2.05) is 0 Å². The molecule has 0 aromatic carbocycles. The van der Waals surface area contributed by atoms with Crippen LogP contribution < -0.4 is 10.6 Å². The number of halogens is 8. The lowest BCUT2D eigenvalue weighted by molar-refractivity contribution is -0.162. The zero-order valence-electron chi connectivity index (χ0n) is 13.6.